The van der Waals surface area contributed by atoms with E-state index in [1.165, 1.54) is 36.4 Å². The first-order chi connectivity index (χ1) is 12.8. The lowest BCUT2D eigenvalue weighted by atomic mass is 10.0. The number of rotatable bonds is 5. The summed E-state index contributed by atoms with van der Waals surface area (Å²) >= 11 is 5.81. The van der Waals surface area contributed by atoms with Gasteiger partial charge in [-0.25, -0.2) is 12.8 Å². The van der Waals surface area contributed by atoms with Gasteiger partial charge in [-0.05, 0) is 48.9 Å². The summed E-state index contributed by atoms with van der Waals surface area (Å²) in [4.78, 5) is 12.5. The second kappa shape index (κ2) is 6.95. The summed E-state index contributed by atoms with van der Waals surface area (Å²) in [5.41, 5.74) is -1.50. The molecule has 0 spiro atoms. The zero-order valence-electron chi connectivity index (χ0n) is 14.2. The second-order valence-electron chi connectivity index (χ2n) is 6.15. The van der Waals surface area contributed by atoms with Crippen LogP contribution in [0.4, 0.5) is 4.39 Å². The molecule has 0 radical (unpaired) electrons. The lowest BCUT2D eigenvalue weighted by Gasteiger charge is -2.09. The van der Waals surface area contributed by atoms with Gasteiger partial charge < -0.3 is 4.74 Å². The lowest BCUT2D eigenvalue weighted by Crippen LogP contribution is -2.25. The highest BCUT2D eigenvalue weighted by Gasteiger charge is 2.77. The standard InChI is InChI=1S/C19H15ClFNO4S/c1-2-26-18(23)19(11-22)16(12-3-7-14(21)8-4-12)17(19)27(24,25)15-9-5-13(20)6-10-15/h3-10,16-17H,2H2,1H3/t16-,17-,19-/m0/s1. The number of hydrogen-bond donors (Lipinski definition) is 0. The fourth-order valence-corrected chi connectivity index (χ4v) is 5.70. The summed E-state index contributed by atoms with van der Waals surface area (Å²) in [6, 6.07) is 12.4. The third-order valence-corrected chi connectivity index (χ3v) is 7.13. The van der Waals surface area contributed by atoms with Crippen molar-refractivity contribution in [2.24, 2.45) is 5.41 Å². The van der Waals surface area contributed by atoms with Gasteiger partial charge in [0.2, 0.25) is 0 Å². The van der Waals surface area contributed by atoms with E-state index in [9.17, 15) is 22.9 Å². The van der Waals surface area contributed by atoms with E-state index >= 15 is 0 Å². The Morgan fingerprint density at radius 2 is 1.81 bits per heavy atom. The number of benzene rings is 2. The number of ether oxygens (including phenoxy) is 1. The first kappa shape index (κ1) is 19.3. The molecular weight excluding hydrogens is 393 g/mol. The Hall–Kier alpha value is -2.43. The molecule has 0 unspecified atom stereocenters. The van der Waals surface area contributed by atoms with Gasteiger partial charge in [0, 0.05) is 10.9 Å². The monoisotopic (exact) mass is 407 g/mol. The molecule has 0 amide bonds. The minimum Gasteiger partial charge on any atom is -0.465 e. The van der Waals surface area contributed by atoms with Gasteiger partial charge in [-0.3, -0.25) is 4.79 Å². The third-order valence-electron chi connectivity index (χ3n) is 4.64. The predicted octanol–water partition coefficient (Wildman–Crippen LogP) is 3.49. The molecule has 1 saturated carbocycles. The Morgan fingerprint density at radius 1 is 1.22 bits per heavy atom. The van der Waals surface area contributed by atoms with Crippen LogP contribution >= 0.6 is 11.6 Å². The number of sulfone groups is 1. The van der Waals surface area contributed by atoms with Gasteiger partial charge in [-0.15, -0.1) is 0 Å². The van der Waals surface area contributed by atoms with Crippen molar-refractivity contribution in [2.75, 3.05) is 6.61 Å². The molecule has 2 aromatic carbocycles. The predicted molar refractivity (Wildman–Crippen MR) is 96.2 cm³/mol. The van der Waals surface area contributed by atoms with E-state index in [4.69, 9.17) is 16.3 Å². The van der Waals surface area contributed by atoms with Crippen molar-refractivity contribution in [3.8, 4) is 6.07 Å². The van der Waals surface area contributed by atoms with Crippen LogP contribution in [-0.4, -0.2) is 26.2 Å². The molecule has 8 heteroatoms. The van der Waals surface area contributed by atoms with E-state index in [2.05, 4.69) is 0 Å². The summed E-state index contributed by atoms with van der Waals surface area (Å²) in [7, 11) is -4.05. The molecule has 0 heterocycles. The van der Waals surface area contributed by atoms with Crippen molar-refractivity contribution in [3.63, 3.8) is 0 Å². The van der Waals surface area contributed by atoms with Gasteiger partial charge in [-0.1, -0.05) is 23.7 Å². The lowest BCUT2D eigenvalue weighted by molar-refractivity contribution is -0.147. The Kier molecular flexibility index (Phi) is 4.98. The number of carbonyl (C=O) groups is 1. The average Bonchev–Trinajstić information content (AvgIpc) is 3.34. The van der Waals surface area contributed by atoms with Crippen molar-refractivity contribution in [1.82, 2.24) is 0 Å². The maximum absolute atomic E-state index is 13.3. The van der Waals surface area contributed by atoms with Gasteiger partial charge in [0.05, 0.1) is 17.6 Å². The molecule has 5 nitrogen and oxygen atoms in total. The quantitative estimate of drug-likeness (QED) is 0.708. The van der Waals surface area contributed by atoms with Gasteiger partial charge in [0.15, 0.2) is 15.3 Å². The molecule has 140 valence electrons. The van der Waals surface area contributed by atoms with Crippen LogP contribution in [-0.2, 0) is 19.4 Å². The third kappa shape index (κ3) is 3.09. The highest BCUT2D eigenvalue weighted by molar-refractivity contribution is 7.92. The molecular formula is C19H15ClFNO4S. The molecule has 1 fully saturated rings. The molecule has 0 saturated heterocycles. The van der Waals surface area contributed by atoms with E-state index in [-0.39, 0.29) is 11.5 Å². The minimum absolute atomic E-state index is 0.00607. The fraction of sp³-hybridized carbons (Fsp3) is 0.263. The van der Waals surface area contributed by atoms with Gasteiger partial charge in [0.1, 0.15) is 11.1 Å². The minimum atomic E-state index is -4.05. The Morgan fingerprint density at radius 3 is 2.33 bits per heavy atom. The van der Waals surface area contributed by atoms with E-state index in [1.807, 2.05) is 6.07 Å². The van der Waals surface area contributed by atoms with Crippen molar-refractivity contribution in [2.45, 2.75) is 23.0 Å². The summed E-state index contributed by atoms with van der Waals surface area (Å²) in [6.07, 6.45) is 0. The van der Waals surface area contributed by atoms with Crippen LogP contribution in [0.3, 0.4) is 0 Å². The smallest absolute Gasteiger partial charge is 0.328 e. The van der Waals surface area contributed by atoms with Gasteiger partial charge in [0.25, 0.3) is 0 Å². The molecule has 0 bridgehead atoms. The number of hydrogen-bond acceptors (Lipinski definition) is 5. The van der Waals surface area contributed by atoms with Crippen LogP contribution in [0, 0.1) is 22.6 Å². The van der Waals surface area contributed by atoms with Crippen LogP contribution in [0.5, 0.6) is 0 Å². The van der Waals surface area contributed by atoms with Crippen LogP contribution < -0.4 is 0 Å². The van der Waals surface area contributed by atoms with E-state index in [1.54, 1.807) is 6.92 Å². The Balaban J connectivity index is 2.12. The molecule has 1 aliphatic carbocycles. The first-order valence-electron chi connectivity index (χ1n) is 8.12. The molecule has 3 atom stereocenters. The number of carbonyl (C=O) groups excluding carboxylic acids is 1. The largest absolute Gasteiger partial charge is 0.465 e. The van der Waals surface area contributed by atoms with Crippen LogP contribution in [0.2, 0.25) is 5.02 Å². The maximum atomic E-state index is 13.3. The van der Waals surface area contributed by atoms with Crippen LogP contribution in [0.15, 0.2) is 53.4 Å². The Bertz CT molecular complexity index is 1020. The van der Waals surface area contributed by atoms with Crippen LogP contribution in [0.1, 0.15) is 18.4 Å². The first-order valence-corrected chi connectivity index (χ1v) is 10.0. The van der Waals surface area contributed by atoms with Crippen molar-refractivity contribution >= 4 is 27.4 Å². The van der Waals surface area contributed by atoms with E-state index < -0.39 is 38.2 Å². The highest BCUT2D eigenvalue weighted by atomic mass is 35.5. The summed E-state index contributed by atoms with van der Waals surface area (Å²) in [6.45, 7) is 1.58. The van der Waals surface area contributed by atoms with E-state index in [0.717, 1.165) is 12.1 Å². The highest BCUT2D eigenvalue weighted by Crippen LogP contribution is 2.64. The average molecular weight is 408 g/mol. The van der Waals surface area contributed by atoms with Gasteiger partial charge in [-0.2, -0.15) is 5.26 Å². The molecule has 2 aromatic rings. The summed E-state index contributed by atoms with van der Waals surface area (Å²) in [5.74, 6) is -2.36. The number of nitriles is 1. The second-order valence-corrected chi connectivity index (χ2v) is 8.66. The summed E-state index contributed by atoms with van der Waals surface area (Å²) in [5, 5.41) is 8.78. The fourth-order valence-electron chi connectivity index (χ4n) is 3.33. The molecule has 1 aliphatic rings. The number of nitrogens with zero attached hydrogens (tertiary/aromatic N) is 1. The topological polar surface area (TPSA) is 84.2 Å². The van der Waals surface area contributed by atoms with Crippen molar-refractivity contribution in [3.05, 3.63) is 64.9 Å². The van der Waals surface area contributed by atoms with E-state index in [0.29, 0.717) is 10.6 Å². The SMILES string of the molecule is CCOC(=O)[C@@]1(C#N)[C@@H](c2ccc(F)cc2)[C@@H]1S(=O)(=O)c1ccc(Cl)cc1. The molecule has 0 aliphatic heterocycles. The molecule has 27 heavy (non-hydrogen) atoms. The number of esters is 1. The maximum Gasteiger partial charge on any atom is 0.328 e. The molecule has 0 aromatic heterocycles. The zero-order chi connectivity index (χ0) is 19.8. The molecule has 3 rings (SSSR count). The van der Waals surface area contributed by atoms with Crippen LogP contribution in [0.25, 0.3) is 0 Å². The summed E-state index contributed by atoms with van der Waals surface area (Å²) < 4.78 is 44.6. The Labute approximate surface area is 161 Å². The number of halogens is 2. The zero-order valence-corrected chi connectivity index (χ0v) is 15.8. The normalized spacial score (nSPS) is 24.1. The van der Waals surface area contributed by atoms with Crippen molar-refractivity contribution < 1.29 is 22.3 Å². The van der Waals surface area contributed by atoms with Crippen molar-refractivity contribution in [1.29, 1.82) is 5.26 Å². The molecule has 0 N–H and O–H groups in total. The van der Waals surface area contributed by atoms with Gasteiger partial charge >= 0.3 is 5.97 Å².